The van der Waals surface area contributed by atoms with E-state index in [1.807, 2.05) is 49.4 Å². The van der Waals surface area contributed by atoms with Gasteiger partial charge in [-0.25, -0.2) is 9.83 Å². The Hall–Kier alpha value is -2.68. The molecule has 0 aliphatic heterocycles. The monoisotopic (exact) mass is 306 g/mol. The van der Waals surface area contributed by atoms with Crippen LogP contribution in [0.5, 0.6) is 0 Å². The van der Waals surface area contributed by atoms with Crippen molar-refractivity contribution in [2.75, 3.05) is 7.11 Å². The Morgan fingerprint density at radius 2 is 1.87 bits per heavy atom. The number of nitrogens with zero attached hydrogens (tertiary/aromatic N) is 2. The van der Waals surface area contributed by atoms with Gasteiger partial charge in [-0.3, -0.25) is 0 Å². The van der Waals surface area contributed by atoms with Gasteiger partial charge in [-0.1, -0.05) is 30.3 Å². The summed E-state index contributed by atoms with van der Waals surface area (Å²) >= 11 is 0. The summed E-state index contributed by atoms with van der Waals surface area (Å²) < 4.78 is 5.27. The lowest BCUT2D eigenvalue weighted by Crippen LogP contribution is -2.26. The zero-order valence-corrected chi connectivity index (χ0v) is 13.1. The van der Waals surface area contributed by atoms with Gasteiger partial charge < -0.3 is 15.5 Å². The second kappa shape index (κ2) is 6.21. The molecule has 0 radical (unpaired) electrons. The molecule has 0 aliphatic rings. The molecule has 0 unspecified atom stereocenters. The number of ether oxygens (including phenoxy) is 1. The van der Waals surface area contributed by atoms with Crippen LogP contribution in [0.3, 0.4) is 0 Å². The van der Waals surface area contributed by atoms with Crippen LogP contribution in [0.1, 0.15) is 18.8 Å². The van der Waals surface area contributed by atoms with Crippen LogP contribution < -0.4 is 5.73 Å². The van der Waals surface area contributed by atoms with E-state index < -0.39 is 0 Å². The van der Waals surface area contributed by atoms with Gasteiger partial charge in [0, 0.05) is 7.11 Å². The summed E-state index contributed by atoms with van der Waals surface area (Å²) in [6, 6.07) is 13.3. The van der Waals surface area contributed by atoms with Gasteiger partial charge in [-0.15, -0.1) is 0 Å². The molecule has 1 aromatic heterocycles. The standard InChI is InChI=1S/C18H18N4O/c1-11(23-3)17(19)18-21-15-9-6-13(10-16(15)22-18)12-4-7-14(20-2)8-5-12/h4-11,17H,19H2,1,3H3,(H,21,22)/t11-,17+/m1/s1. The number of methoxy groups -OCH3 is 1. The number of aromatic nitrogens is 2. The molecule has 5 heteroatoms. The molecule has 1 heterocycles. The molecule has 3 aromatic rings. The molecule has 23 heavy (non-hydrogen) atoms. The van der Waals surface area contributed by atoms with E-state index in [-0.39, 0.29) is 12.1 Å². The number of hydrogen-bond acceptors (Lipinski definition) is 3. The number of aromatic amines is 1. The van der Waals surface area contributed by atoms with E-state index in [2.05, 4.69) is 14.8 Å². The molecule has 0 saturated carbocycles. The minimum atomic E-state index is -0.297. The van der Waals surface area contributed by atoms with Crippen molar-refractivity contribution in [3.05, 3.63) is 59.7 Å². The van der Waals surface area contributed by atoms with Crippen LogP contribution in [-0.4, -0.2) is 23.2 Å². The summed E-state index contributed by atoms with van der Waals surface area (Å²) in [4.78, 5) is 11.2. The minimum absolute atomic E-state index is 0.115. The minimum Gasteiger partial charge on any atom is -0.380 e. The van der Waals surface area contributed by atoms with E-state index in [9.17, 15) is 0 Å². The van der Waals surface area contributed by atoms with E-state index >= 15 is 0 Å². The highest BCUT2D eigenvalue weighted by molar-refractivity contribution is 5.82. The molecule has 5 nitrogen and oxygen atoms in total. The van der Waals surface area contributed by atoms with Crippen molar-refractivity contribution in [3.8, 4) is 11.1 Å². The van der Waals surface area contributed by atoms with E-state index in [0.29, 0.717) is 5.69 Å². The topological polar surface area (TPSA) is 68.3 Å². The first-order valence-electron chi connectivity index (χ1n) is 7.38. The predicted molar refractivity (Wildman–Crippen MR) is 91.2 cm³/mol. The number of hydrogen-bond donors (Lipinski definition) is 2. The number of benzene rings is 2. The van der Waals surface area contributed by atoms with Gasteiger partial charge in [0.1, 0.15) is 5.82 Å². The molecule has 0 fully saturated rings. The number of H-pyrrole nitrogens is 1. The third kappa shape index (κ3) is 2.95. The Morgan fingerprint density at radius 3 is 2.52 bits per heavy atom. The van der Waals surface area contributed by atoms with Crippen LogP contribution in [0.15, 0.2) is 42.5 Å². The summed E-state index contributed by atoms with van der Waals surface area (Å²) in [7, 11) is 1.64. The van der Waals surface area contributed by atoms with E-state index in [0.717, 1.165) is 28.0 Å². The van der Waals surface area contributed by atoms with Gasteiger partial charge in [0.15, 0.2) is 5.69 Å². The molecule has 0 aliphatic carbocycles. The maximum Gasteiger partial charge on any atom is 0.187 e. The Balaban J connectivity index is 1.97. The largest absolute Gasteiger partial charge is 0.380 e. The lowest BCUT2D eigenvalue weighted by molar-refractivity contribution is 0.0935. The highest BCUT2D eigenvalue weighted by atomic mass is 16.5. The van der Waals surface area contributed by atoms with Crippen LogP contribution >= 0.6 is 0 Å². The van der Waals surface area contributed by atoms with Gasteiger partial charge in [-0.05, 0) is 30.2 Å². The van der Waals surface area contributed by atoms with Crippen molar-refractivity contribution in [1.82, 2.24) is 9.97 Å². The first-order chi connectivity index (χ1) is 11.1. The Bertz CT molecular complexity index is 861. The van der Waals surface area contributed by atoms with Crippen molar-refractivity contribution >= 4 is 16.7 Å². The number of fused-ring (bicyclic) bond motifs is 1. The van der Waals surface area contributed by atoms with E-state index in [4.69, 9.17) is 17.0 Å². The quantitative estimate of drug-likeness (QED) is 0.720. The molecule has 0 spiro atoms. The van der Waals surface area contributed by atoms with Crippen LogP contribution in [0.2, 0.25) is 0 Å². The number of nitrogens with two attached hydrogens (primary N) is 1. The fourth-order valence-electron chi connectivity index (χ4n) is 2.46. The van der Waals surface area contributed by atoms with Gasteiger partial charge >= 0.3 is 0 Å². The van der Waals surface area contributed by atoms with E-state index in [1.165, 1.54) is 0 Å². The third-order valence-corrected chi connectivity index (χ3v) is 4.02. The van der Waals surface area contributed by atoms with Gasteiger partial charge in [0.05, 0.1) is 29.8 Å². The average molecular weight is 306 g/mol. The molecule has 116 valence electrons. The average Bonchev–Trinajstić information content (AvgIpc) is 3.03. The molecular formula is C18H18N4O. The van der Waals surface area contributed by atoms with Crippen LogP contribution in [0, 0.1) is 6.57 Å². The molecule has 2 aromatic carbocycles. The first kappa shape index (κ1) is 15.2. The first-order valence-corrected chi connectivity index (χ1v) is 7.38. The fourth-order valence-corrected chi connectivity index (χ4v) is 2.46. The van der Waals surface area contributed by atoms with Gasteiger partial charge in [0.25, 0.3) is 0 Å². The Morgan fingerprint density at radius 1 is 1.17 bits per heavy atom. The molecule has 0 bridgehead atoms. The summed E-state index contributed by atoms with van der Waals surface area (Å²) in [6.45, 7) is 8.93. The smallest absolute Gasteiger partial charge is 0.187 e. The molecular weight excluding hydrogens is 288 g/mol. The zero-order valence-electron chi connectivity index (χ0n) is 13.1. The highest BCUT2D eigenvalue weighted by Crippen LogP contribution is 2.26. The van der Waals surface area contributed by atoms with Crippen molar-refractivity contribution < 1.29 is 4.74 Å². The van der Waals surface area contributed by atoms with Crippen LogP contribution in [-0.2, 0) is 4.74 Å². The van der Waals surface area contributed by atoms with Crippen molar-refractivity contribution in [2.24, 2.45) is 5.73 Å². The number of imidazole rings is 1. The van der Waals surface area contributed by atoms with Crippen molar-refractivity contribution in [3.63, 3.8) is 0 Å². The second-order valence-corrected chi connectivity index (χ2v) is 5.48. The third-order valence-electron chi connectivity index (χ3n) is 4.02. The molecule has 0 amide bonds. The van der Waals surface area contributed by atoms with Crippen LogP contribution in [0.4, 0.5) is 5.69 Å². The molecule has 0 saturated heterocycles. The Labute approximate surface area is 134 Å². The predicted octanol–water partition coefficient (Wildman–Crippen LogP) is 3.82. The lowest BCUT2D eigenvalue weighted by atomic mass is 10.0. The van der Waals surface area contributed by atoms with Crippen molar-refractivity contribution in [2.45, 2.75) is 19.1 Å². The normalized spacial score (nSPS) is 13.7. The maximum absolute atomic E-state index is 7.01. The summed E-state index contributed by atoms with van der Waals surface area (Å²) in [5.41, 5.74) is 10.7. The fraction of sp³-hybridized carbons (Fsp3) is 0.222. The van der Waals surface area contributed by atoms with E-state index in [1.54, 1.807) is 7.11 Å². The number of rotatable bonds is 4. The Kier molecular flexibility index (Phi) is 4.11. The van der Waals surface area contributed by atoms with Crippen molar-refractivity contribution in [1.29, 1.82) is 0 Å². The zero-order chi connectivity index (χ0) is 16.4. The molecule has 2 atom stereocenters. The van der Waals surface area contributed by atoms with Gasteiger partial charge in [0.2, 0.25) is 0 Å². The second-order valence-electron chi connectivity index (χ2n) is 5.48. The summed E-state index contributed by atoms with van der Waals surface area (Å²) in [5.74, 6) is 0.717. The summed E-state index contributed by atoms with van der Waals surface area (Å²) in [5, 5.41) is 0. The SMILES string of the molecule is [C-]#[N+]c1ccc(-c2ccc3nc([C@@H](N)[C@@H](C)OC)[nH]c3c2)cc1. The lowest BCUT2D eigenvalue weighted by Gasteiger charge is -2.15. The van der Waals surface area contributed by atoms with Crippen LogP contribution in [0.25, 0.3) is 27.0 Å². The maximum atomic E-state index is 7.01. The van der Waals surface area contributed by atoms with Gasteiger partial charge in [-0.2, -0.15) is 0 Å². The molecule has 3 N–H and O–H groups in total. The number of nitrogens with one attached hydrogen (secondary N) is 1. The summed E-state index contributed by atoms with van der Waals surface area (Å²) in [6.07, 6.45) is -0.115. The molecule has 3 rings (SSSR count). The highest BCUT2D eigenvalue weighted by Gasteiger charge is 2.18.